The van der Waals surface area contributed by atoms with Crippen molar-refractivity contribution in [2.45, 2.75) is 64.9 Å². The van der Waals surface area contributed by atoms with Gasteiger partial charge in [0.05, 0.1) is 12.0 Å². The molecule has 4 heteroatoms. The van der Waals surface area contributed by atoms with Crippen LogP contribution < -0.4 is 4.74 Å². The summed E-state index contributed by atoms with van der Waals surface area (Å²) in [7, 11) is 0. The van der Waals surface area contributed by atoms with Gasteiger partial charge in [0.2, 0.25) is 5.91 Å². The van der Waals surface area contributed by atoms with Crippen molar-refractivity contribution in [2.24, 2.45) is 0 Å². The molecule has 2 aliphatic heterocycles. The Morgan fingerprint density at radius 2 is 1.72 bits per heavy atom. The van der Waals surface area contributed by atoms with Gasteiger partial charge in [-0.05, 0) is 53.7 Å². The average Bonchev–Trinajstić information content (AvgIpc) is 2.73. The van der Waals surface area contributed by atoms with Crippen molar-refractivity contribution in [3.05, 3.63) is 70.3 Å². The molecule has 1 fully saturated rings. The van der Waals surface area contributed by atoms with Crippen LogP contribution in [-0.2, 0) is 10.2 Å². The van der Waals surface area contributed by atoms with Crippen molar-refractivity contribution < 1.29 is 14.3 Å². The number of carbonyl (C=O) groups excluding carboxylic acids is 2. The number of carbonyl (C=O) groups is 2. The predicted octanol–water partition coefficient (Wildman–Crippen LogP) is 5.64. The maximum Gasteiger partial charge on any atom is 0.246 e. The van der Waals surface area contributed by atoms with Crippen molar-refractivity contribution in [2.75, 3.05) is 13.1 Å². The number of amides is 1. The molecule has 2 aromatic carbocycles. The minimum Gasteiger partial charge on any atom is -0.486 e. The van der Waals surface area contributed by atoms with E-state index in [9.17, 15) is 9.59 Å². The first-order chi connectivity index (χ1) is 15.1. The van der Waals surface area contributed by atoms with Crippen molar-refractivity contribution in [3.63, 3.8) is 0 Å². The van der Waals surface area contributed by atoms with Gasteiger partial charge >= 0.3 is 0 Å². The van der Waals surface area contributed by atoms with E-state index in [-0.39, 0.29) is 17.1 Å². The Balaban J connectivity index is 1.40. The summed E-state index contributed by atoms with van der Waals surface area (Å²) >= 11 is 0. The number of nitrogens with zero attached hydrogens (tertiary/aromatic N) is 1. The Morgan fingerprint density at radius 3 is 2.34 bits per heavy atom. The Kier molecular flexibility index (Phi) is 5.74. The monoisotopic (exact) mass is 431 g/mol. The zero-order valence-corrected chi connectivity index (χ0v) is 19.8. The molecule has 1 saturated heterocycles. The number of ether oxygens (including phenoxy) is 1. The molecule has 0 radical (unpaired) electrons. The fraction of sp³-hybridized carbons (Fsp3) is 0.429. The molecule has 1 spiro atoms. The minimum absolute atomic E-state index is 0.00842. The molecular weight excluding hydrogens is 398 g/mol. The first-order valence-electron chi connectivity index (χ1n) is 11.5. The minimum atomic E-state index is -0.493. The van der Waals surface area contributed by atoms with Crippen molar-refractivity contribution in [1.29, 1.82) is 0 Å². The number of ketones is 1. The normalized spacial score (nSPS) is 18.0. The van der Waals surface area contributed by atoms with Gasteiger partial charge in [-0.1, -0.05) is 51.1 Å². The van der Waals surface area contributed by atoms with Gasteiger partial charge in [0.15, 0.2) is 5.78 Å². The van der Waals surface area contributed by atoms with Crippen LogP contribution in [0.15, 0.2) is 42.5 Å². The van der Waals surface area contributed by atoms with E-state index < -0.39 is 5.60 Å². The average molecular weight is 432 g/mol. The number of aryl methyl sites for hydroxylation is 2. The first-order valence-corrected chi connectivity index (χ1v) is 11.5. The second kappa shape index (κ2) is 8.23. The van der Waals surface area contributed by atoms with Gasteiger partial charge < -0.3 is 9.64 Å². The lowest BCUT2D eigenvalue weighted by Gasteiger charge is -2.44. The molecule has 0 aromatic heterocycles. The number of benzene rings is 2. The van der Waals surface area contributed by atoms with Crippen molar-refractivity contribution >= 4 is 17.8 Å². The zero-order chi connectivity index (χ0) is 23.1. The van der Waals surface area contributed by atoms with Gasteiger partial charge in [-0.2, -0.15) is 0 Å². The molecule has 0 saturated carbocycles. The molecule has 32 heavy (non-hydrogen) atoms. The number of fused-ring (bicyclic) bond motifs is 1. The van der Waals surface area contributed by atoms with Crippen LogP contribution in [0.1, 0.15) is 72.6 Å². The predicted molar refractivity (Wildman–Crippen MR) is 128 cm³/mol. The molecule has 0 unspecified atom stereocenters. The fourth-order valence-corrected chi connectivity index (χ4v) is 4.72. The van der Waals surface area contributed by atoms with E-state index in [0.717, 1.165) is 22.4 Å². The van der Waals surface area contributed by atoms with Crippen LogP contribution >= 0.6 is 0 Å². The van der Waals surface area contributed by atoms with E-state index in [1.54, 1.807) is 6.08 Å². The number of likely N-dealkylation sites (tertiary alicyclic amines) is 1. The summed E-state index contributed by atoms with van der Waals surface area (Å²) in [5.74, 6) is 0.885. The Morgan fingerprint density at radius 1 is 1.06 bits per heavy atom. The van der Waals surface area contributed by atoms with Gasteiger partial charge in [0.25, 0.3) is 0 Å². The summed E-state index contributed by atoms with van der Waals surface area (Å²) in [6, 6.07) is 12.3. The highest BCUT2D eigenvalue weighted by molar-refractivity contribution is 6.01. The molecule has 0 aliphatic carbocycles. The maximum absolute atomic E-state index is 12.9. The molecule has 0 N–H and O–H groups in total. The standard InChI is InChI=1S/C28H33NO3/c1-19-16-20(2)26-23(17-19)24(30)18-28(32-26)12-14-29(15-13-28)25(31)11-8-21-6-9-22(10-7-21)27(3,4)5/h6-11,16-17H,12-15,18H2,1-5H3/b11-8+. The third-order valence-corrected chi connectivity index (χ3v) is 6.70. The number of rotatable bonds is 2. The number of hydrogen-bond donors (Lipinski definition) is 0. The molecule has 2 aliphatic rings. The van der Waals surface area contributed by atoms with Crippen LogP contribution in [0.5, 0.6) is 5.75 Å². The summed E-state index contributed by atoms with van der Waals surface area (Å²) in [6.45, 7) is 11.8. The lowest BCUT2D eigenvalue weighted by Crippen LogP contribution is -2.52. The SMILES string of the molecule is Cc1cc(C)c2c(c1)C(=O)CC1(CCN(C(=O)/C=C/c3ccc(C(C)(C)C)cc3)CC1)O2. The van der Waals surface area contributed by atoms with Crippen molar-refractivity contribution in [3.8, 4) is 5.75 Å². The lowest BCUT2D eigenvalue weighted by atomic mass is 9.81. The van der Waals surface area contributed by atoms with Crippen LogP contribution in [0, 0.1) is 13.8 Å². The Hall–Kier alpha value is -2.88. The van der Waals surface area contributed by atoms with E-state index in [4.69, 9.17) is 4.74 Å². The van der Waals surface area contributed by atoms with E-state index in [1.807, 2.05) is 30.9 Å². The maximum atomic E-state index is 12.9. The number of piperidine rings is 1. The topological polar surface area (TPSA) is 46.6 Å². The van der Waals surface area contributed by atoms with Gasteiger partial charge in [0.1, 0.15) is 11.4 Å². The summed E-state index contributed by atoms with van der Waals surface area (Å²) < 4.78 is 6.44. The highest BCUT2D eigenvalue weighted by Crippen LogP contribution is 2.41. The Bertz CT molecular complexity index is 1070. The molecule has 0 bridgehead atoms. The molecule has 168 valence electrons. The third kappa shape index (κ3) is 4.50. The summed E-state index contributed by atoms with van der Waals surface area (Å²) in [5.41, 5.74) is 4.70. The van der Waals surface area contributed by atoms with Crippen molar-refractivity contribution in [1.82, 2.24) is 4.90 Å². The summed E-state index contributed by atoms with van der Waals surface area (Å²) in [6.07, 6.45) is 5.26. The molecule has 2 aromatic rings. The third-order valence-electron chi connectivity index (χ3n) is 6.70. The van der Waals surface area contributed by atoms with E-state index >= 15 is 0 Å². The summed E-state index contributed by atoms with van der Waals surface area (Å²) in [5, 5.41) is 0. The number of Topliss-reactive ketones (excluding diaryl/α,β-unsaturated/α-hetero) is 1. The Labute approximate surface area is 191 Å². The molecule has 4 rings (SSSR count). The first kappa shape index (κ1) is 22.3. The highest BCUT2D eigenvalue weighted by Gasteiger charge is 2.44. The van der Waals surface area contributed by atoms with Crippen LogP contribution in [0.4, 0.5) is 0 Å². The molecule has 2 heterocycles. The van der Waals surface area contributed by atoms with Gasteiger partial charge in [-0.25, -0.2) is 0 Å². The zero-order valence-electron chi connectivity index (χ0n) is 19.8. The van der Waals surface area contributed by atoms with Gasteiger partial charge in [-0.15, -0.1) is 0 Å². The second-order valence-corrected chi connectivity index (χ2v) is 10.4. The van der Waals surface area contributed by atoms with Crippen LogP contribution in [0.2, 0.25) is 0 Å². The van der Waals surface area contributed by atoms with Crippen LogP contribution in [0.3, 0.4) is 0 Å². The van der Waals surface area contributed by atoms with Crippen LogP contribution in [-0.4, -0.2) is 35.3 Å². The smallest absolute Gasteiger partial charge is 0.246 e. The molecule has 0 atom stereocenters. The second-order valence-electron chi connectivity index (χ2n) is 10.4. The number of hydrogen-bond acceptors (Lipinski definition) is 3. The quantitative estimate of drug-likeness (QED) is 0.578. The van der Waals surface area contributed by atoms with Gasteiger partial charge in [0, 0.05) is 32.0 Å². The largest absolute Gasteiger partial charge is 0.486 e. The van der Waals surface area contributed by atoms with Crippen LogP contribution in [0.25, 0.3) is 6.08 Å². The fourth-order valence-electron chi connectivity index (χ4n) is 4.72. The highest BCUT2D eigenvalue weighted by atomic mass is 16.5. The lowest BCUT2D eigenvalue weighted by molar-refractivity contribution is -0.129. The molecule has 4 nitrogen and oxygen atoms in total. The molecular formula is C28H33NO3. The van der Waals surface area contributed by atoms with Gasteiger partial charge in [-0.3, -0.25) is 9.59 Å². The van der Waals surface area contributed by atoms with E-state index in [2.05, 4.69) is 51.1 Å². The van der Waals surface area contributed by atoms with E-state index in [0.29, 0.717) is 37.9 Å². The molecule has 1 amide bonds. The summed E-state index contributed by atoms with van der Waals surface area (Å²) in [4.78, 5) is 27.5. The van der Waals surface area contributed by atoms with E-state index in [1.165, 1.54) is 5.56 Å².